The molecule has 0 saturated carbocycles. The molecule has 2 aromatic rings. The van der Waals surface area contributed by atoms with Crippen LogP contribution in [0.1, 0.15) is 5.56 Å². The zero-order chi connectivity index (χ0) is 9.26. The van der Waals surface area contributed by atoms with Crippen LogP contribution in [-0.4, -0.2) is 10.1 Å². The van der Waals surface area contributed by atoms with Gasteiger partial charge in [0.1, 0.15) is 11.3 Å². The molecule has 3 nitrogen and oxygen atoms in total. The van der Waals surface area contributed by atoms with Crippen LogP contribution >= 0.6 is 0 Å². The third-order valence-corrected chi connectivity index (χ3v) is 2.05. The van der Waals surface area contributed by atoms with E-state index in [0.29, 0.717) is 12.1 Å². The van der Waals surface area contributed by atoms with Gasteiger partial charge in [0.05, 0.1) is 0 Å². The number of nitrogens with two attached hydrogens (primary N) is 1. The van der Waals surface area contributed by atoms with Gasteiger partial charge in [-0.15, -0.1) is 0 Å². The van der Waals surface area contributed by atoms with E-state index >= 15 is 0 Å². The summed E-state index contributed by atoms with van der Waals surface area (Å²) in [5.74, 6) is 0.195. The van der Waals surface area contributed by atoms with E-state index in [1.165, 1.54) is 0 Å². The van der Waals surface area contributed by atoms with Crippen LogP contribution in [0.25, 0.3) is 10.9 Å². The van der Waals surface area contributed by atoms with Gasteiger partial charge in [0.2, 0.25) is 0 Å². The maximum atomic E-state index is 9.71. The van der Waals surface area contributed by atoms with Gasteiger partial charge in [-0.05, 0) is 6.07 Å². The number of pyridine rings is 1. The average molecular weight is 174 g/mol. The summed E-state index contributed by atoms with van der Waals surface area (Å²) >= 11 is 0. The van der Waals surface area contributed by atoms with Crippen LogP contribution in [0.15, 0.2) is 30.5 Å². The molecule has 0 spiro atoms. The third kappa shape index (κ3) is 1.23. The lowest BCUT2D eigenvalue weighted by molar-refractivity contribution is 0.473. The zero-order valence-electron chi connectivity index (χ0n) is 7.07. The van der Waals surface area contributed by atoms with Crippen molar-refractivity contribution in [3.05, 3.63) is 36.0 Å². The van der Waals surface area contributed by atoms with Crippen LogP contribution in [0.3, 0.4) is 0 Å². The number of hydrogen-bond acceptors (Lipinski definition) is 3. The highest BCUT2D eigenvalue weighted by Gasteiger charge is 2.04. The molecule has 0 radical (unpaired) electrons. The molecule has 0 atom stereocenters. The summed E-state index contributed by atoms with van der Waals surface area (Å²) < 4.78 is 0. The Kier molecular flexibility index (Phi) is 1.87. The van der Waals surface area contributed by atoms with Crippen molar-refractivity contribution in [2.75, 3.05) is 0 Å². The molecule has 0 fully saturated rings. The summed E-state index contributed by atoms with van der Waals surface area (Å²) in [6.45, 7) is 0.332. The number of fused-ring (bicyclic) bond motifs is 1. The van der Waals surface area contributed by atoms with Gasteiger partial charge in [0.25, 0.3) is 0 Å². The zero-order valence-corrected chi connectivity index (χ0v) is 7.07. The van der Waals surface area contributed by atoms with Gasteiger partial charge in [-0.1, -0.05) is 18.2 Å². The second kappa shape index (κ2) is 3.03. The van der Waals surface area contributed by atoms with Crippen LogP contribution in [0, 0.1) is 0 Å². The van der Waals surface area contributed by atoms with Crippen molar-refractivity contribution in [3.8, 4) is 5.75 Å². The second-order valence-corrected chi connectivity index (χ2v) is 2.85. The lowest BCUT2D eigenvalue weighted by Gasteiger charge is -2.03. The normalized spacial score (nSPS) is 10.5. The standard InChI is InChI=1S/C10H10N2O/c11-6-8-4-3-7-2-1-5-12-9(7)10(8)13/h1-5,13H,6,11H2. The van der Waals surface area contributed by atoms with E-state index in [-0.39, 0.29) is 5.75 Å². The predicted molar refractivity (Wildman–Crippen MR) is 51.3 cm³/mol. The summed E-state index contributed by atoms with van der Waals surface area (Å²) in [5.41, 5.74) is 6.80. The molecule has 0 amide bonds. The minimum atomic E-state index is 0.195. The molecule has 3 heteroatoms. The van der Waals surface area contributed by atoms with Crippen molar-refractivity contribution in [2.45, 2.75) is 6.54 Å². The molecule has 1 heterocycles. The summed E-state index contributed by atoms with van der Waals surface area (Å²) in [7, 11) is 0. The summed E-state index contributed by atoms with van der Waals surface area (Å²) in [6, 6.07) is 7.47. The maximum Gasteiger partial charge on any atom is 0.146 e. The van der Waals surface area contributed by atoms with E-state index in [0.717, 1.165) is 10.9 Å². The van der Waals surface area contributed by atoms with Crippen molar-refractivity contribution in [3.63, 3.8) is 0 Å². The average Bonchev–Trinajstić information content (AvgIpc) is 2.19. The molecule has 1 aromatic heterocycles. The van der Waals surface area contributed by atoms with Gasteiger partial charge in [0, 0.05) is 23.7 Å². The van der Waals surface area contributed by atoms with Crippen molar-refractivity contribution >= 4 is 10.9 Å². The number of aromatic nitrogens is 1. The number of hydrogen-bond donors (Lipinski definition) is 2. The van der Waals surface area contributed by atoms with E-state index in [1.54, 1.807) is 6.20 Å². The minimum Gasteiger partial charge on any atom is -0.505 e. The second-order valence-electron chi connectivity index (χ2n) is 2.85. The largest absolute Gasteiger partial charge is 0.505 e. The van der Waals surface area contributed by atoms with E-state index in [9.17, 15) is 5.11 Å². The van der Waals surface area contributed by atoms with Crippen molar-refractivity contribution in [1.82, 2.24) is 4.98 Å². The fourth-order valence-electron chi connectivity index (χ4n) is 1.34. The van der Waals surface area contributed by atoms with Gasteiger partial charge in [-0.2, -0.15) is 0 Å². The first-order chi connectivity index (χ1) is 6.33. The lowest BCUT2D eigenvalue weighted by atomic mass is 10.1. The lowest BCUT2D eigenvalue weighted by Crippen LogP contribution is -1.96. The van der Waals surface area contributed by atoms with Crippen LogP contribution in [0.5, 0.6) is 5.75 Å². The Labute approximate surface area is 75.8 Å². The van der Waals surface area contributed by atoms with Gasteiger partial charge in [-0.3, -0.25) is 4.98 Å². The Morgan fingerprint density at radius 2 is 2.15 bits per heavy atom. The van der Waals surface area contributed by atoms with Gasteiger partial charge in [0.15, 0.2) is 0 Å². The molecule has 13 heavy (non-hydrogen) atoms. The molecule has 0 aliphatic carbocycles. The molecule has 1 aromatic carbocycles. The smallest absolute Gasteiger partial charge is 0.146 e. The first-order valence-corrected chi connectivity index (χ1v) is 4.08. The Balaban J connectivity index is 2.79. The number of nitrogens with zero attached hydrogens (tertiary/aromatic N) is 1. The SMILES string of the molecule is NCc1ccc2cccnc2c1O. The van der Waals surface area contributed by atoms with Gasteiger partial charge >= 0.3 is 0 Å². The molecule has 0 aliphatic rings. The topological polar surface area (TPSA) is 59.1 Å². The number of phenolic OH excluding ortho intramolecular Hbond substituents is 1. The molecule has 0 unspecified atom stereocenters. The fourth-order valence-corrected chi connectivity index (χ4v) is 1.34. The first kappa shape index (κ1) is 8.01. The highest BCUT2D eigenvalue weighted by Crippen LogP contribution is 2.25. The molecule has 0 saturated heterocycles. The van der Waals surface area contributed by atoms with E-state index in [4.69, 9.17) is 5.73 Å². The summed E-state index contributed by atoms with van der Waals surface area (Å²) in [5, 5.41) is 10.6. The summed E-state index contributed by atoms with van der Waals surface area (Å²) in [4.78, 5) is 4.08. The monoisotopic (exact) mass is 174 g/mol. The van der Waals surface area contributed by atoms with E-state index in [2.05, 4.69) is 4.98 Å². The predicted octanol–water partition coefficient (Wildman–Crippen LogP) is 1.40. The van der Waals surface area contributed by atoms with Crippen LogP contribution in [-0.2, 0) is 6.54 Å². The first-order valence-electron chi connectivity index (χ1n) is 4.08. The van der Waals surface area contributed by atoms with E-state index in [1.807, 2.05) is 24.3 Å². The van der Waals surface area contributed by atoms with Crippen LogP contribution < -0.4 is 5.73 Å². The van der Waals surface area contributed by atoms with Crippen molar-refractivity contribution in [1.29, 1.82) is 0 Å². The quantitative estimate of drug-likeness (QED) is 0.687. The van der Waals surface area contributed by atoms with Crippen LogP contribution in [0.2, 0.25) is 0 Å². The number of benzene rings is 1. The Bertz CT molecular complexity index is 440. The number of phenols is 1. The van der Waals surface area contributed by atoms with Gasteiger partial charge < -0.3 is 10.8 Å². The number of rotatable bonds is 1. The van der Waals surface area contributed by atoms with Gasteiger partial charge in [-0.25, -0.2) is 0 Å². The highest BCUT2D eigenvalue weighted by atomic mass is 16.3. The van der Waals surface area contributed by atoms with E-state index < -0.39 is 0 Å². The van der Waals surface area contributed by atoms with Crippen molar-refractivity contribution < 1.29 is 5.11 Å². The highest BCUT2D eigenvalue weighted by molar-refractivity contribution is 5.85. The Hall–Kier alpha value is -1.61. The molecule has 0 aliphatic heterocycles. The van der Waals surface area contributed by atoms with Crippen LogP contribution in [0.4, 0.5) is 0 Å². The minimum absolute atomic E-state index is 0.195. The molecule has 3 N–H and O–H groups in total. The number of aromatic hydroxyl groups is 1. The molecule has 2 rings (SSSR count). The molecule has 0 bridgehead atoms. The Morgan fingerprint density at radius 3 is 2.92 bits per heavy atom. The molecule has 66 valence electrons. The molecular formula is C10H10N2O. The maximum absolute atomic E-state index is 9.71. The third-order valence-electron chi connectivity index (χ3n) is 2.05. The fraction of sp³-hybridized carbons (Fsp3) is 0.100. The molecular weight excluding hydrogens is 164 g/mol. The van der Waals surface area contributed by atoms with Crippen molar-refractivity contribution in [2.24, 2.45) is 5.73 Å². The Morgan fingerprint density at radius 1 is 1.31 bits per heavy atom. The summed E-state index contributed by atoms with van der Waals surface area (Å²) in [6.07, 6.45) is 1.66.